The Kier molecular flexibility index (Phi) is 5.49. The minimum atomic E-state index is -3.45. The third-order valence-corrected chi connectivity index (χ3v) is 6.32. The van der Waals surface area contributed by atoms with Crippen molar-refractivity contribution < 1.29 is 17.9 Å². The van der Waals surface area contributed by atoms with Crippen LogP contribution in [0.15, 0.2) is 47.4 Å². The molecule has 0 N–H and O–H groups in total. The highest BCUT2D eigenvalue weighted by Gasteiger charge is 2.36. The van der Waals surface area contributed by atoms with E-state index < -0.39 is 9.84 Å². The number of nitrogens with zero attached hydrogens (tertiary/aromatic N) is 1. The predicted molar refractivity (Wildman–Crippen MR) is 107 cm³/mol. The van der Waals surface area contributed by atoms with Crippen molar-refractivity contribution in [2.75, 3.05) is 18.3 Å². The highest BCUT2D eigenvalue weighted by Crippen LogP contribution is 2.38. The lowest BCUT2D eigenvalue weighted by Gasteiger charge is -2.30. The van der Waals surface area contributed by atoms with E-state index in [9.17, 15) is 13.2 Å². The summed E-state index contributed by atoms with van der Waals surface area (Å²) in [4.78, 5) is 15.2. The molecular weight excluding hydrogens is 386 g/mol. The SMILES string of the molecule is COc1ccc(N(C(=O)c2cc(S(C)(=O)=O)ccc2Cl)C(C)C2CC2)cc1. The number of anilines is 1. The molecule has 2 aromatic carbocycles. The van der Waals surface area contributed by atoms with Crippen molar-refractivity contribution in [3.63, 3.8) is 0 Å². The van der Waals surface area contributed by atoms with Crippen molar-refractivity contribution in [3.05, 3.63) is 53.1 Å². The average Bonchev–Trinajstić information content (AvgIpc) is 3.47. The topological polar surface area (TPSA) is 63.7 Å². The number of methoxy groups -OCH3 is 1. The number of hydrogen-bond acceptors (Lipinski definition) is 4. The lowest BCUT2D eigenvalue weighted by Crippen LogP contribution is -2.40. The normalized spacial score (nSPS) is 15.3. The Balaban J connectivity index is 2.05. The number of halogens is 1. The van der Waals surface area contributed by atoms with Crippen molar-refractivity contribution in [1.82, 2.24) is 0 Å². The molecule has 1 saturated carbocycles. The molecule has 3 rings (SSSR count). The Hall–Kier alpha value is -2.05. The summed E-state index contributed by atoms with van der Waals surface area (Å²) in [5.74, 6) is 0.810. The van der Waals surface area contributed by atoms with Crippen molar-refractivity contribution in [2.24, 2.45) is 5.92 Å². The van der Waals surface area contributed by atoms with E-state index in [2.05, 4.69) is 0 Å². The molecule has 1 fully saturated rings. The van der Waals surface area contributed by atoms with Gasteiger partial charge >= 0.3 is 0 Å². The molecule has 0 aromatic heterocycles. The number of amides is 1. The third-order valence-electron chi connectivity index (χ3n) is 4.88. The lowest BCUT2D eigenvalue weighted by molar-refractivity contribution is 0.0975. The lowest BCUT2D eigenvalue weighted by atomic mass is 10.1. The number of carbonyl (C=O) groups is 1. The van der Waals surface area contributed by atoms with Crippen molar-refractivity contribution in [1.29, 1.82) is 0 Å². The van der Waals surface area contributed by atoms with Crippen molar-refractivity contribution >= 4 is 33.0 Å². The molecule has 27 heavy (non-hydrogen) atoms. The van der Waals surface area contributed by atoms with Gasteiger partial charge in [0.05, 0.1) is 22.6 Å². The number of ether oxygens (including phenoxy) is 1. The van der Waals surface area contributed by atoms with E-state index >= 15 is 0 Å². The quantitative estimate of drug-likeness (QED) is 0.719. The summed E-state index contributed by atoms with van der Waals surface area (Å²) in [6, 6.07) is 11.4. The molecule has 5 nitrogen and oxygen atoms in total. The molecule has 1 unspecified atom stereocenters. The molecule has 144 valence electrons. The summed E-state index contributed by atoms with van der Waals surface area (Å²) in [6.07, 6.45) is 3.25. The molecule has 1 aliphatic rings. The summed E-state index contributed by atoms with van der Waals surface area (Å²) in [5, 5.41) is 0.230. The number of sulfone groups is 1. The fourth-order valence-electron chi connectivity index (χ4n) is 3.10. The first-order chi connectivity index (χ1) is 12.7. The minimum absolute atomic E-state index is 0.0242. The number of carbonyl (C=O) groups excluding carboxylic acids is 1. The van der Waals surface area contributed by atoms with Gasteiger partial charge in [-0.2, -0.15) is 0 Å². The Bertz CT molecular complexity index is 952. The van der Waals surface area contributed by atoms with E-state index in [1.807, 2.05) is 19.1 Å². The van der Waals surface area contributed by atoms with Crippen LogP contribution in [0.25, 0.3) is 0 Å². The van der Waals surface area contributed by atoms with Gasteiger partial charge in [0.15, 0.2) is 9.84 Å². The summed E-state index contributed by atoms with van der Waals surface area (Å²) in [6.45, 7) is 2.01. The molecule has 1 aliphatic carbocycles. The van der Waals surface area contributed by atoms with Gasteiger partial charge < -0.3 is 9.64 Å². The first-order valence-corrected chi connectivity index (χ1v) is 11.0. The molecule has 1 amide bonds. The number of rotatable bonds is 6. The van der Waals surface area contributed by atoms with Gasteiger partial charge in [0.1, 0.15) is 5.75 Å². The van der Waals surface area contributed by atoms with Crippen molar-refractivity contribution in [3.8, 4) is 5.75 Å². The van der Waals surface area contributed by atoms with Crippen LogP contribution in [0, 0.1) is 5.92 Å². The molecule has 2 aromatic rings. The van der Waals surface area contributed by atoms with Crippen LogP contribution in [0.3, 0.4) is 0 Å². The van der Waals surface area contributed by atoms with Gasteiger partial charge in [-0.1, -0.05) is 11.6 Å². The van der Waals surface area contributed by atoms with Gasteiger partial charge in [-0.15, -0.1) is 0 Å². The number of benzene rings is 2. The van der Waals surface area contributed by atoms with Crippen LogP contribution in [-0.2, 0) is 9.84 Å². The van der Waals surface area contributed by atoms with E-state index in [0.717, 1.165) is 24.8 Å². The monoisotopic (exact) mass is 407 g/mol. The van der Waals surface area contributed by atoms with Crippen molar-refractivity contribution in [2.45, 2.75) is 30.7 Å². The molecule has 0 heterocycles. The van der Waals surface area contributed by atoms with E-state index in [4.69, 9.17) is 16.3 Å². The fraction of sp³-hybridized carbons (Fsp3) is 0.350. The standard InChI is InChI=1S/C20H22ClNO4S/c1-13(14-4-5-14)22(15-6-8-16(26-2)9-7-15)20(23)18-12-17(27(3,24)25)10-11-19(18)21/h6-14H,4-5H2,1-3H3. The van der Waals surface area contributed by atoms with E-state index in [1.54, 1.807) is 24.1 Å². The molecule has 0 saturated heterocycles. The maximum Gasteiger partial charge on any atom is 0.260 e. The van der Waals surface area contributed by atoms with Crippen LogP contribution < -0.4 is 9.64 Å². The van der Waals surface area contributed by atoms with Gasteiger partial charge in [0, 0.05) is 18.0 Å². The van der Waals surface area contributed by atoms with Crippen LogP contribution >= 0.6 is 11.6 Å². The smallest absolute Gasteiger partial charge is 0.260 e. The second-order valence-corrected chi connectivity index (χ2v) is 9.29. The average molecular weight is 408 g/mol. The van der Waals surface area contributed by atoms with E-state index in [-0.39, 0.29) is 27.4 Å². The maximum absolute atomic E-state index is 13.4. The van der Waals surface area contributed by atoms with Crippen LogP contribution in [0.2, 0.25) is 5.02 Å². The van der Waals surface area contributed by atoms with Gasteiger partial charge in [0.2, 0.25) is 0 Å². The second-order valence-electron chi connectivity index (χ2n) is 6.87. The van der Waals surface area contributed by atoms with Crippen LogP contribution in [-0.4, -0.2) is 33.7 Å². The predicted octanol–water partition coefficient (Wildman–Crippen LogP) is 4.20. The van der Waals surface area contributed by atoms with Crippen LogP contribution in [0.5, 0.6) is 5.75 Å². The van der Waals surface area contributed by atoms with Crippen LogP contribution in [0.4, 0.5) is 5.69 Å². The molecular formula is C20H22ClNO4S. The molecule has 0 radical (unpaired) electrons. The fourth-order valence-corrected chi connectivity index (χ4v) is 3.94. The molecule has 0 bridgehead atoms. The third kappa shape index (κ3) is 4.28. The summed E-state index contributed by atoms with van der Waals surface area (Å²) in [5.41, 5.74) is 0.906. The highest BCUT2D eigenvalue weighted by molar-refractivity contribution is 7.90. The van der Waals surface area contributed by atoms with Gasteiger partial charge in [0.25, 0.3) is 5.91 Å². The van der Waals surface area contributed by atoms with Gasteiger partial charge in [-0.05, 0) is 68.1 Å². The Labute approximate surface area is 164 Å². The van der Waals surface area contributed by atoms with E-state index in [0.29, 0.717) is 11.7 Å². The molecule has 7 heteroatoms. The Morgan fingerprint density at radius 3 is 2.33 bits per heavy atom. The number of hydrogen-bond donors (Lipinski definition) is 0. The highest BCUT2D eigenvalue weighted by atomic mass is 35.5. The summed E-state index contributed by atoms with van der Waals surface area (Å²) >= 11 is 6.26. The Morgan fingerprint density at radius 1 is 1.19 bits per heavy atom. The molecule has 0 spiro atoms. The minimum Gasteiger partial charge on any atom is -0.497 e. The Morgan fingerprint density at radius 2 is 1.81 bits per heavy atom. The van der Waals surface area contributed by atoms with Gasteiger partial charge in [-0.3, -0.25) is 4.79 Å². The first-order valence-electron chi connectivity index (χ1n) is 8.69. The van der Waals surface area contributed by atoms with Gasteiger partial charge in [-0.25, -0.2) is 8.42 Å². The summed E-state index contributed by atoms with van der Waals surface area (Å²) in [7, 11) is -1.86. The second kappa shape index (κ2) is 7.52. The zero-order chi connectivity index (χ0) is 19.8. The maximum atomic E-state index is 13.4. The summed E-state index contributed by atoms with van der Waals surface area (Å²) < 4.78 is 29.0. The first kappa shape index (κ1) is 19.7. The van der Waals surface area contributed by atoms with Crippen LogP contribution in [0.1, 0.15) is 30.1 Å². The molecule has 0 aliphatic heterocycles. The zero-order valence-electron chi connectivity index (χ0n) is 15.5. The largest absolute Gasteiger partial charge is 0.497 e. The molecule has 1 atom stereocenters. The van der Waals surface area contributed by atoms with E-state index in [1.165, 1.54) is 18.2 Å². The zero-order valence-corrected chi connectivity index (χ0v) is 17.0.